The Hall–Kier alpha value is -2.59. The summed E-state index contributed by atoms with van der Waals surface area (Å²) >= 11 is 0. The number of aromatic nitrogens is 5. The van der Waals surface area contributed by atoms with Crippen LogP contribution < -0.4 is 10.0 Å². The van der Waals surface area contributed by atoms with Crippen molar-refractivity contribution < 1.29 is 8.42 Å². The number of fused-ring (bicyclic) bond motifs is 1. The van der Waals surface area contributed by atoms with Gasteiger partial charge in [0.05, 0.1) is 11.8 Å². The molecule has 3 aromatic rings. The number of hydrogen-bond acceptors (Lipinski definition) is 7. The van der Waals surface area contributed by atoms with E-state index in [0.717, 1.165) is 36.7 Å². The predicted octanol–water partition coefficient (Wildman–Crippen LogP) is 1.48. The van der Waals surface area contributed by atoms with Gasteiger partial charge in [-0.15, -0.1) is 5.10 Å². The van der Waals surface area contributed by atoms with E-state index < -0.39 is 10.0 Å². The second-order valence-corrected chi connectivity index (χ2v) is 8.59. The van der Waals surface area contributed by atoms with Gasteiger partial charge in [-0.3, -0.25) is 0 Å². The normalized spacial score (nSPS) is 20.6. The molecule has 0 radical (unpaired) electrons. The van der Waals surface area contributed by atoms with E-state index in [2.05, 4.69) is 30.3 Å². The zero-order valence-corrected chi connectivity index (χ0v) is 15.7. The van der Waals surface area contributed by atoms with Gasteiger partial charge >= 0.3 is 0 Å². The minimum atomic E-state index is -3.16. The number of hydrogen-bond donors (Lipinski definition) is 2. The number of benzene rings is 1. The van der Waals surface area contributed by atoms with Gasteiger partial charge in [0.25, 0.3) is 0 Å². The lowest BCUT2D eigenvalue weighted by Crippen LogP contribution is -2.39. The molecule has 10 heteroatoms. The molecule has 0 spiro atoms. The summed E-state index contributed by atoms with van der Waals surface area (Å²) in [5, 5.41) is 11.7. The van der Waals surface area contributed by atoms with Gasteiger partial charge in [-0.05, 0) is 37.8 Å². The van der Waals surface area contributed by atoms with Crippen molar-refractivity contribution in [3.05, 3.63) is 36.5 Å². The molecule has 0 aliphatic heterocycles. The van der Waals surface area contributed by atoms with Gasteiger partial charge in [-0.2, -0.15) is 9.67 Å². The number of nitrogens with zero attached hydrogens (tertiary/aromatic N) is 5. The van der Waals surface area contributed by atoms with Crippen molar-refractivity contribution in [3.63, 3.8) is 0 Å². The quantitative estimate of drug-likeness (QED) is 0.681. The number of rotatable bonds is 5. The van der Waals surface area contributed by atoms with E-state index in [1.165, 1.54) is 6.26 Å². The van der Waals surface area contributed by atoms with Gasteiger partial charge in [-0.25, -0.2) is 18.1 Å². The van der Waals surface area contributed by atoms with Crippen LogP contribution in [0.15, 0.2) is 36.5 Å². The van der Waals surface area contributed by atoms with Gasteiger partial charge in [0.1, 0.15) is 5.52 Å². The van der Waals surface area contributed by atoms with Gasteiger partial charge in [0.2, 0.25) is 16.0 Å². The average Bonchev–Trinajstić information content (AvgIpc) is 3.07. The summed E-state index contributed by atoms with van der Waals surface area (Å²) < 4.78 is 27.1. The Labute approximate surface area is 157 Å². The van der Waals surface area contributed by atoms with Crippen molar-refractivity contribution >= 4 is 27.0 Å². The molecule has 27 heavy (non-hydrogen) atoms. The lowest BCUT2D eigenvalue weighted by atomic mass is 9.92. The van der Waals surface area contributed by atoms with Crippen LogP contribution in [0.2, 0.25) is 0 Å². The minimum absolute atomic E-state index is 0.00631. The molecule has 2 heterocycles. The van der Waals surface area contributed by atoms with Gasteiger partial charge in [-0.1, -0.05) is 17.3 Å². The fraction of sp³-hybridized carbons (Fsp3) is 0.412. The third kappa shape index (κ3) is 4.22. The Balaban J connectivity index is 1.45. The highest BCUT2D eigenvalue weighted by Crippen LogP contribution is 2.22. The third-order valence-corrected chi connectivity index (χ3v) is 5.41. The smallest absolute Gasteiger partial charge is 0.224 e. The molecule has 0 saturated heterocycles. The molecular formula is C17H21N7O2S. The second-order valence-electron chi connectivity index (χ2n) is 6.81. The summed E-state index contributed by atoms with van der Waals surface area (Å²) in [5.74, 6) is 1.18. The summed E-state index contributed by atoms with van der Waals surface area (Å²) in [6, 6.07) is 9.72. The summed E-state index contributed by atoms with van der Waals surface area (Å²) in [7, 11) is -3.16. The average molecular weight is 387 g/mol. The van der Waals surface area contributed by atoms with Crippen LogP contribution in [-0.2, 0) is 10.0 Å². The highest BCUT2D eigenvalue weighted by Gasteiger charge is 2.23. The first-order valence-corrected chi connectivity index (χ1v) is 10.7. The van der Waals surface area contributed by atoms with E-state index in [0.29, 0.717) is 11.8 Å². The topological polar surface area (TPSA) is 115 Å². The SMILES string of the molecule is CS(=O)(=O)N[C@H]1CC[C@H](Nc2nccc(-n3nnc4ccccc43)n2)CC1. The fourth-order valence-corrected chi connectivity index (χ4v) is 4.26. The summed E-state index contributed by atoms with van der Waals surface area (Å²) in [5.41, 5.74) is 1.69. The molecule has 9 nitrogen and oxygen atoms in total. The Morgan fingerprint density at radius 2 is 1.81 bits per heavy atom. The molecule has 142 valence electrons. The standard InChI is InChI=1S/C17H21N7O2S/c1-27(25,26)22-13-8-6-12(7-9-13)19-17-18-11-10-16(20-17)24-15-5-3-2-4-14(15)21-23-24/h2-5,10-13,22H,6-9H2,1H3,(H,18,19,20)/t12-,13-. The molecule has 0 amide bonds. The molecule has 1 saturated carbocycles. The second kappa shape index (κ2) is 7.20. The van der Waals surface area contributed by atoms with Gasteiger partial charge in [0, 0.05) is 24.3 Å². The molecule has 4 rings (SSSR count). The molecule has 1 aliphatic carbocycles. The lowest BCUT2D eigenvalue weighted by Gasteiger charge is -2.29. The van der Waals surface area contributed by atoms with E-state index in [9.17, 15) is 8.42 Å². The first kappa shape index (κ1) is 17.8. The highest BCUT2D eigenvalue weighted by atomic mass is 32.2. The Kier molecular flexibility index (Phi) is 4.75. The predicted molar refractivity (Wildman–Crippen MR) is 102 cm³/mol. The molecule has 1 aromatic carbocycles. The maximum absolute atomic E-state index is 11.4. The van der Waals surface area contributed by atoms with Crippen LogP contribution in [-0.4, -0.2) is 51.7 Å². The largest absolute Gasteiger partial charge is 0.351 e. The van der Waals surface area contributed by atoms with Crippen molar-refractivity contribution in [1.82, 2.24) is 29.7 Å². The Bertz CT molecular complexity index is 1040. The maximum atomic E-state index is 11.4. The molecule has 0 atom stereocenters. The van der Waals surface area contributed by atoms with Crippen LogP contribution in [0.5, 0.6) is 0 Å². The number of nitrogens with one attached hydrogen (secondary N) is 2. The molecule has 0 unspecified atom stereocenters. The van der Waals surface area contributed by atoms with Crippen LogP contribution in [0.3, 0.4) is 0 Å². The first-order chi connectivity index (χ1) is 13.0. The van der Waals surface area contributed by atoms with E-state index in [4.69, 9.17) is 0 Å². The van der Waals surface area contributed by atoms with Crippen molar-refractivity contribution in [2.75, 3.05) is 11.6 Å². The van der Waals surface area contributed by atoms with E-state index in [-0.39, 0.29) is 12.1 Å². The molecule has 2 aromatic heterocycles. The lowest BCUT2D eigenvalue weighted by molar-refractivity contribution is 0.387. The van der Waals surface area contributed by atoms with Gasteiger partial charge < -0.3 is 5.32 Å². The molecular weight excluding hydrogens is 366 g/mol. The zero-order chi connectivity index (χ0) is 18.9. The third-order valence-electron chi connectivity index (χ3n) is 4.65. The summed E-state index contributed by atoms with van der Waals surface area (Å²) in [6.07, 6.45) is 6.18. The van der Waals surface area contributed by atoms with Crippen LogP contribution in [0.4, 0.5) is 5.95 Å². The van der Waals surface area contributed by atoms with Crippen molar-refractivity contribution in [1.29, 1.82) is 0 Å². The molecule has 1 fully saturated rings. The van der Waals surface area contributed by atoms with E-state index in [1.54, 1.807) is 16.9 Å². The van der Waals surface area contributed by atoms with Crippen LogP contribution in [0, 0.1) is 0 Å². The number of sulfonamides is 1. The highest BCUT2D eigenvalue weighted by molar-refractivity contribution is 7.88. The summed E-state index contributed by atoms with van der Waals surface area (Å²) in [6.45, 7) is 0. The Morgan fingerprint density at radius 3 is 2.59 bits per heavy atom. The van der Waals surface area contributed by atoms with Crippen molar-refractivity contribution in [3.8, 4) is 5.82 Å². The van der Waals surface area contributed by atoms with Crippen molar-refractivity contribution in [2.24, 2.45) is 0 Å². The first-order valence-electron chi connectivity index (χ1n) is 8.86. The summed E-state index contributed by atoms with van der Waals surface area (Å²) in [4.78, 5) is 8.87. The van der Waals surface area contributed by atoms with Crippen LogP contribution >= 0.6 is 0 Å². The molecule has 1 aliphatic rings. The Morgan fingerprint density at radius 1 is 1.07 bits per heavy atom. The van der Waals surface area contributed by atoms with Crippen LogP contribution in [0.1, 0.15) is 25.7 Å². The van der Waals surface area contributed by atoms with E-state index >= 15 is 0 Å². The van der Waals surface area contributed by atoms with Gasteiger partial charge in [0.15, 0.2) is 5.82 Å². The number of para-hydroxylation sites is 1. The molecule has 2 N–H and O–H groups in total. The minimum Gasteiger partial charge on any atom is -0.351 e. The van der Waals surface area contributed by atoms with Crippen LogP contribution in [0.25, 0.3) is 16.9 Å². The number of anilines is 1. The zero-order valence-electron chi connectivity index (χ0n) is 14.9. The van der Waals surface area contributed by atoms with E-state index in [1.807, 2.05) is 24.3 Å². The maximum Gasteiger partial charge on any atom is 0.224 e. The monoisotopic (exact) mass is 387 g/mol. The fourth-order valence-electron chi connectivity index (χ4n) is 3.42. The molecule has 0 bridgehead atoms. The van der Waals surface area contributed by atoms with Crippen molar-refractivity contribution in [2.45, 2.75) is 37.8 Å².